The van der Waals surface area contributed by atoms with E-state index in [4.69, 9.17) is 4.42 Å². The first-order valence-electron chi connectivity index (χ1n) is 7.57. The molecule has 0 amide bonds. The molecule has 0 saturated heterocycles. The average Bonchev–Trinajstić information content (AvgIpc) is 2.70. The first kappa shape index (κ1) is 16.3. The van der Waals surface area contributed by atoms with Crippen LogP contribution in [0.25, 0.3) is 0 Å². The molecule has 0 aliphatic carbocycles. The van der Waals surface area contributed by atoms with Crippen LogP contribution >= 0.6 is 0 Å². The van der Waals surface area contributed by atoms with Gasteiger partial charge in [-0.05, 0) is 51.9 Å². The zero-order valence-electron chi connectivity index (χ0n) is 13.3. The third-order valence-corrected chi connectivity index (χ3v) is 3.65. The highest BCUT2D eigenvalue weighted by Gasteiger charge is 2.13. The van der Waals surface area contributed by atoms with Crippen molar-refractivity contribution in [2.24, 2.45) is 0 Å². The van der Waals surface area contributed by atoms with Crippen molar-refractivity contribution in [3.63, 3.8) is 0 Å². The molecule has 1 aromatic heterocycles. The van der Waals surface area contributed by atoms with Gasteiger partial charge in [0.05, 0.1) is 13.1 Å². The molecule has 1 unspecified atom stereocenters. The molecule has 0 aliphatic rings. The number of furan rings is 1. The summed E-state index contributed by atoms with van der Waals surface area (Å²) in [5.74, 6) is 2.16. The molecule has 0 spiro atoms. The largest absolute Gasteiger partial charge is 0.463 e. The van der Waals surface area contributed by atoms with Crippen LogP contribution in [0, 0.1) is 6.92 Å². The molecule has 0 aliphatic heterocycles. The van der Waals surface area contributed by atoms with Crippen LogP contribution in [0.2, 0.25) is 0 Å². The maximum atomic E-state index is 5.96. The lowest BCUT2D eigenvalue weighted by Gasteiger charge is -2.23. The molecule has 1 rings (SSSR count). The van der Waals surface area contributed by atoms with Crippen molar-refractivity contribution in [2.45, 2.75) is 66.1 Å². The molecule has 1 N–H and O–H groups in total. The van der Waals surface area contributed by atoms with Crippen LogP contribution in [0.3, 0.4) is 0 Å². The Morgan fingerprint density at radius 1 is 1.32 bits per heavy atom. The topological polar surface area (TPSA) is 28.4 Å². The van der Waals surface area contributed by atoms with Crippen LogP contribution in [0.5, 0.6) is 0 Å². The van der Waals surface area contributed by atoms with Gasteiger partial charge < -0.3 is 9.73 Å². The van der Waals surface area contributed by atoms with E-state index in [-0.39, 0.29) is 0 Å². The minimum absolute atomic E-state index is 0.608. The first-order valence-corrected chi connectivity index (χ1v) is 7.57. The van der Waals surface area contributed by atoms with E-state index in [1.807, 2.05) is 0 Å². The molecule has 1 aromatic rings. The van der Waals surface area contributed by atoms with Crippen LogP contribution in [0.4, 0.5) is 0 Å². The van der Waals surface area contributed by atoms with Gasteiger partial charge in [0.25, 0.3) is 0 Å². The number of rotatable bonds is 9. The molecule has 0 radical (unpaired) electrons. The molecule has 3 heteroatoms. The predicted molar refractivity (Wildman–Crippen MR) is 81.3 cm³/mol. The second-order valence-electron chi connectivity index (χ2n) is 5.55. The molecule has 19 heavy (non-hydrogen) atoms. The van der Waals surface area contributed by atoms with Gasteiger partial charge in [-0.3, -0.25) is 4.90 Å². The summed E-state index contributed by atoms with van der Waals surface area (Å²) in [6, 6.07) is 2.79. The van der Waals surface area contributed by atoms with Crippen LogP contribution in [-0.2, 0) is 13.1 Å². The summed E-state index contributed by atoms with van der Waals surface area (Å²) in [4.78, 5) is 2.37. The van der Waals surface area contributed by atoms with Crippen molar-refractivity contribution in [1.29, 1.82) is 0 Å². The summed E-state index contributed by atoms with van der Waals surface area (Å²) >= 11 is 0. The summed E-state index contributed by atoms with van der Waals surface area (Å²) in [5, 5.41) is 3.39. The van der Waals surface area contributed by atoms with E-state index in [0.29, 0.717) is 6.04 Å². The fraction of sp³-hybridized carbons (Fsp3) is 0.750. The lowest BCUT2D eigenvalue weighted by atomic mass is 10.1. The molecule has 1 heterocycles. The Morgan fingerprint density at radius 3 is 2.68 bits per heavy atom. The molecule has 0 bridgehead atoms. The van der Waals surface area contributed by atoms with Gasteiger partial charge in [-0.15, -0.1) is 0 Å². The minimum atomic E-state index is 0.608. The first-order chi connectivity index (χ1) is 9.08. The Bertz CT molecular complexity index is 360. The minimum Gasteiger partial charge on any atom is -0.463 e. The summed E-state index contributed by atoms with van der Waals surface area (Å²) in [6.07, 6.45) is 3.62. The highest BCUT2D eigenvalue weighted by atomic mass is 16.3. The Kier molecular flexibility index (Phi) is 7.17. The van der Waals surface area contributed by atoms with Gasteiger partial charge >= 0.3 is 0 Å². The standard InChI is InChI=1S/C16H30N2O/c1-6-8-14(4)18(5)12-15-10-13(3)16(19-15)11-17-9-7-2/h10,14,17H,6-9,11-12H2,1-5H3. The number of nitrogens with zero attached hydrogens (tertiary/aromatic N) is 1. The van der Waals surface area contributed by atoms with Crippen LogP contribution in [0.1, 0.15) is 57.1 Å². The monoisotopic (exact) mass is 266 g/mol. The lowest BCUT2D eigenvalue weighted by Crippen LogP contribution is -2.28. The van der Waals surface area contributed by atoms with Crippen LogP contribution in [-0.4, -0.2) is 24.5 Å². The van der Waals surface area contributed by atoms with E-state index < -0.39 is 0 Å². The third kappa shape index (κ3) is 5.37. The zero-order valence-corrected chi connectivity index (χ0v) is 13.3. The highest BCUT2D eigenvalue weighted by Crippen LogP contribution is 2.17. The molecule has 110 valence electrons. The van der Waals surface area contributed by atoms with Gasteiger partial charge in [0.2, 0.25) is 0 Å². The number of hydrogen-bond donors (Lipinski definition) is 1. The van der Waals surface area contributed by atoms with E-state index in [9.17, 15) is 0 Å². The normalized spacial score (nSPS) is 13.2. The van der Waals surface area contributed by atoms with Crippen molar-refractivity contribution in [2.75, 3.05) is 13.6 Å². The van der Waals surface area contributed by atoms with E-state index in [2.05, 4.69) is 51.0 Å². The molecular formula is C16H30N2O. The smallest absolute Gasteiger partial charge is 0.120 e. The van der Waals surface area contributed by atoms with Crippen molar-refractivity contribution < 1.29 is 4.42 Å². The Hall–Kier alpha value is -0.800. The Labute approximate surface area is 118 Å². The van der Waals surface area contributed by atoms with Gasteiger partial charge in [0, 0.05) is 6.04 Å². The van der Waals surface area contributed by atoms with Crippen LogP contribution in [0.15, 0.2) is 10.5 Å². The summed E-state index contributed by atoms with van der Waals surface area (Å²) < 4.78 is 5.96. The molecule has 0 aromatic carbocycles. The molecule has 1 atom stereocenters. The summed E-state index contributed by atoms with van der Waals surface area (Å²) in [5.41, 5.74) is 1.26. The number of hydrogen-bond acceptors (Lipinski definition) is 3. The van der Waals surface area contributed by atoms with E-state index in [1.165, 1.54) is 18.4 Å². The van der Waals surface area contributed by atoms with Crippen LogP contribution < -0.4 is 5.32 Å². The van der Waals surface area contributed by atoms with Gasteiger partial charge in [-0.2, -0.15) is 0 Å². The summed E-state index contributed by atoms with van der Waals surface area (Å²) in [6.45, 7) is 11.6. The number of nitrogens with one attached hydrogen (secondary N) is 1. The number of aryl methyl sites for hydroxylation is 1. The van der Waals surface area contributed by atoms with E-state index in [0.717, 1.165) is 37.6 Å². The van der Waals surface area contributed by atoms with Gasteiger partial charge in [-0.1, -0.05) is 20.3 Å². The fourth-order valence-corrected chi connectivity index (χ4v) is 2.26. The van der Waals surface area contributed by atoms with Gasteiger partial charge in [-0.25, -0.2) is 0 Å². The maximum absolute atomic E-state index is 5.96. The van der Waals surface area contributed by atoms with E-state index >= 15 is 0 Å². The predicted octanol–water partition coefficient (Wildman–Crippen LogP) is 3.71. The molecule has 3 nitrogen and oxygen atoms in total. The zero-order chi connectivity index (χ0) is 14.3. The fourth-order valence-electron chi connectivity index (χ4n) is 2.26. The maximum Gasteiger partial charge on any atom is 0.120 e. The Morgan fingerprint density at radius 2 is 2.05 bits per heavy atom. The second-order valence-corrected chi connectivity index (χ2v) is 5.55. The Balaban J connectivity index is 2.52. The SMILES string of the molecule is CCCNCc1oc(CN(C)C(C)CCC)cc1C. The van der Waals surface area contributed by atoms with Crippen molar-refractivity contribution >= 4 is 0 Å². The van der Waals surface area contributed by atoms with Gasteiger partial charge in [0.15, 0.2) is 0 Å². The average molecular weight is 266 g/mol. The quantitative estimate of drug-likeness (QED) is 0.691. The second kappa shape index (κ2) is 8.39. The molecular weight excluding hydrogens is 236 g/mol. The lowest BCUT2D eigenvalue weighted by molar-refractivity contribution is 0.217. The van der Waals surface area contributed by atoms with Crippen molar-refractivity contribution in [3.05, 3.63) is 23.2 Å². The van der Waals surface area contributed by atoms with E-state index in [1.54, 1.807) is 0 Å². The molecule has 0 fully saturated rings. The molecule has 0 saturated carbocycles. The summed E-state index contributed by atoms with van der Waals surface area (Å²) in [7, 11) is 2.17. The van der Waals surface area contributed by atoms with Gasteiger partial charge in [0.1, 0.15) is 11.5 Å². The third-order valence-electron chi connectivity index (χ3n) is 3.65. The highest BCUT2D eigenvalue weighted by molar-refractivity contribution is 5.20. The van der Waals surface area contributed by atoms with Crippen molar-refractivity contribution in [1.82, 2.24) is 10.2 Å². The van der Waals surface area contributed by atoms with Crippen molar-refractivity contribution in [3.8, 4) is 0 Å².